The number of halogens is 2. The van der Waals surface area contributed by atoms with Gasteiger partial charge < -0.3 is 25.0 Å². The van der Waals surface area contributed by atoms with Crippen LogP contribution in [0.5, 0.6) is 11.5 Å². The van der Waals surface area contributed by atoms with Crippen LogP contribution in [0.3, 0.4) is 0 Å². The first kappa shape index (κ1) is 24.8. The molecule has 7 nitrogen and oxygen atoms in total. The second kappa shape index (κ2) is 12.4. The topological polar surface area (TPSA) is 79.9 Å². The van der Waals surface area contributed by atoms with Crippen LogP contribution in [0.15, 0.2) is 24.3 Å². The number of nitrogens with zero attached hydrogens (tertiary/aromatic N) is 1. The average molecular weight is 466 g/mol. The normalized spacial score (nSPS) is 17.9. The maximum Gasteiger partial charge on any atom is 0.387 e. The first-order chi connectivity index (χ1) is 15.9. The summed E-state index contributed by atoms with van der Waals surface area (Å²) >= 11 is 0. The van der Waals surface area contributed by atoms with Crippen molar-refractivity contribution in [3.8, 4) is 11.5 Å². The Morgan fingerprint density at radius 2 is 1.76 bits per heavy atom. The second-order valence-corrected chi connectivity index (χ2v) is 8.41. The van der Waals surface area contributed by atoms with Crippen molar-refractivity contribution in [2.45, 2.75) is 70.6 Å². The van der Waals surface area contributed by atoms with Crippen LogP contribution in [-0.2, 0) is 4.79 Å². The highest BCUT2D eigenvalue weighted by Crippen LogP contribution is 2.30. The summed E-state index contributed by atoms with van der Waals surface area (Å²) in [6, 6.07) is 4.80. The van der Waals surface area contributed by atoms with E-state index in [9.17, 15) is 18.4 Å². The lowest BCUT2D eigenvalue weighted by molar-refractivity contribution is -0.117. The van der Waals surface area contributed by atoms with Crippen LogP contribution in [0, 0.1) is 0 Å². The second-order valence-electron chi connectivity index (χ2n) is 8.41. The van der Waals surface area contributed by atoms with Gasteiger partial charge in [0, 0.05) is 31.2 Å². The maximum atomic E-state index is 12.5. The lowest BCUT2D eigenvalue weighted by Gasteiger charge is -2.34. The van der Waals surface area contributed by atoms with Crippen molar-refractivity contribution in [3.05, 3.63) is 29.8 Å². The van der Waals surface area contributed by atoms with Gasteiger partial charge in [0.2, 0.25) is 5.91 Å². The van der Waals surface area contributed by atoms with Crippen molar-refractivity contribution >= 4 is 18.0 Å². The summed E-state index contributed by atoms with van der Waals surface area (Å²) < 4.78 is 34.9. The number of ether oxygens (including phenoxy) is 2. The van der Waals surface area contributed by atoms with Crippen molar-refractivity contribution in [1.82, 2.24) is 15.5 Å². The molecule has 1 aliphatic heterocycles. The number of benzene rings is 1. The molecule has 0 aromatic heterocycles. The molecule has 2 N–H and O–H groups in total. The minimum Gasteiger partial charge on any atom is -0.490 e. The van der Waals surface area contributed by atoms with Gasteiger partial charge in [0.15, 0.2) is 11.5 Å². The van der Waals surface area contributed by atoms with Gasteiger partial charge in [-0.05, 0) is 56.4 Å². The van der Waals surface area contributed by atoms with E-state index < -0.39 is 6.61 Å². The summed E-state index contributed by atoms with van der Waals surface area (Å²) in [6.45, 7) is 0.311. The molecule has 0 bridgehead atoms. The number of likely N-dealkylation sites (tertiary alicyclic amines) is 1. The van der Waals surface area contributed by atoms with E-state index in [1.165, 1.54) is 31.4 Å². The highest BCUT2D eigenvalue weighted by Gasteiger charge is 2.25. The van der Waals surface area contributed by atoms with Gasteiger partial charge in [0.05, 0.1) is 6.61 Å². The number of hydrogen-bond acceptors (Lipinski definition) is 4. The zero-order valence-corrected chi connectivity index (χ0v) is 19.0. The maximum absolute atomic E-state index is 12.5. The van der Waals surface area contributed by atoms with E-state index in [1.807, 2.05) is 4.90 Å². The standard InChI is InChI=1S/C24H33F2N3O4/c1-2-32-21-16-17(8-10-20(21)33-23(25)26)9-11-22(30)27-19-12-14-29(15-13-19)24(31)28-18-6-4-3-5-7-18/h8-11,16,18-19,23H,2-7,12-15H2,1H3,(H,27,30)(H,28,31)/b11-9+. The van der Waals surface area contributed by atoms with Gasteiger partial charge in [-0.2, -0.15) is 8.78 Å². The number of nitrogens with one attached hydrogen (secondary N) is 2. The Labute approximate surface area is 193 Å². The van der Waals surface area contributed by atoms with Gasteiger partial charge in [-0.15, -0.1) is 0 Å². The smallest absolute Gasteiger partial charge is 0.387 e. The summed E-state index contributed by atoms with van der Waals surface area (Å²) in [4.78, 5) is 26.6. The van der Waals surface area contributed by atoms with Crippen LogP contribution in [0.25, 0.3) is 6.08 Å². The van der Waals surface area contributed by atoms with Gasteiger partial charge >= 0.3 is 12.6 Å². The molecule has 3 rings (SSSR count). The number of carbonyl (C=O) groups is 2. The molecule has 0 radical (unpaired) electrons. The molecule has 33 heavy (non-hydrogen) atoms. The predicted octanol–water partition coefficient (Wildman–Crippen LogP) is 4.32. The Morgan fingerprint density at radius 3 is 2.42 bits per heavy atom. The van der Waals surface area contributed by atoms with Crippen LogP contribution in [0.1, 0.15) is 57.4 Å². The summed E-state index contributed by atoms with van der Waals surface area (Å²) in [5.41, 5.74) is 0.629. The zero-order chi connectivity index (χ0) is 23.6. The van der Waals surface area contributed by atoms with E-state index in [0.717, 1.165) is 12.8 Å². The molecule has 1 aromatic carbocycles. The Balaban J connectivity index is 1.45. The highest BCUT2D eigenvalue weighted by molar-refractivity contribution is 5.92. The van der Waals surface area contributed by atoms with Crippen molar-refractivity contribution in [3.63, 3.8) is 0 Å². The third-order valence-electron chi connectivity index (χ3n) is 5.97. The number of urea groups is 1. The highest BCUT2D eigenvalue weighted by atomic mass is 19.3. The van der Waals surface area contributed by atoms with E-state index in [1.54, 1.807) is 25.1 Å². The number of carbonyl (C=O) groups excluding carboxylic acids is 2. The zero-order valence-electron chi connectivity index (χ0n) is 19.0. The Kier molecular flexibility index (Phi) is 9.33. The van der Waals surface area contributed by atoms with Crippen LogP contribution < -0.4 is 20.1 Å². The van der Waals surface area contributed by atoms with Crippen LogP contribution in [0.2, 0.25) is 0 Å². The molecule has 1 heterocycles. The minimum absolute atomic E-state index is 0.00156. The minimum atomic E-state index is -2.94. The molecule has 3 amide bonds. The molecule has 0 spiro atoms. The van der Waals surface area contributed by atoms with Crippen LogP contribution in [0.4, 0.5) is 13.6 Å². The lowest BCUT2D eigenvalue weighted by atomic mass is 9.95. The number of alkyl halides is 2. The molecule has 2 fully saturated rings. The molecule has 182 valence electrons. The monoisotopic (exact) mass is 465 g/mol. The van der Waals surface area contributed by atoms with E-state index in [4.69, 9.17) is 4.74 Å². The molecule has 1 aromatic rings. The molecule has 1 saturated carbocycles. The first-order valence-corrected chi connectivity index (χ1v) is 11.7. The molecule has 9 heteroatoms. The average Bonchev–Trinajstić information content (AvgIpc) is 2.80. The van der Waals surface area contributed by atoms with Crippen LogP contribution in [-0.4, -0.2) is 55.2 Å². The van der Waals surface area contributed by atoms with Gasteiger partial charge in [-0.1, -0.05) is 25.3 Å². The molecule has 1 saturated heterocycles. The van der Waals surface area contributed by atoms with Gasteiger partial charge in [0.25, 0.3) is 0 Å². The number of amides is 3. The van der Waals surface area contributed by atoms with Crippen molar-refractivity contribution in [1.29, 1.82) is 0 Å². The van der Waals surface area contributed by atoms with Crippen molar-refractivity contribution < 1.29 is 27.8 Å². The van der Waals surface area contributed by atoms with Gasteiger partial charge in [-0.25, -0.2) is 4.79 Å². The largest absolute Gasteiger partial charge is 0.490 e. The summed E-state index contributed by atoms with van der Waals surface area (Å²) in [5, 5.41) is 6.11. The fourth-order valence-corrected chi connectivity index (χ4v) is 4.25. The third kappa shape index (κ3) is 7.91. The van der Waals surface area contributed by atoms with Gasteiger partial charge in [-0.3, -0.25) is 4.79 Å². The predicted molar refractivity (Wildman–Crippen MR) is 121 cm³/mol. The van der Waals surface area contributed by atoms with Crippen molar-refractivity contribution in [2.75, 3.05) is 19.7 Å². The molecule has 2 aliphatic rings. The fraction of sp³-hybridized carbons (Fsp3) is 0.583. The summed E-state index contributed by atoms with van der Waals surface area (Å²) in [5.74, 6) is -0.0991. The van der Waals surface area contributed by atoms with Gasteiger partial charge in [0.1, 0.15) is 0 Å². The fourth-order valence-electron chi connectivity index (χ4n) is 4.25. The Morgan fingerprint density at radius 1 is 1.06 bits per heavy atom. The number of hydrogen-bond donors (Lipinski definition) is 2. The third-order valence-corrected chi connectivity index (χ3v) is 5.97. The Bertz CT molecular complexity index is 820. The van der Waals surface area contributed by atoms with E-state index in [2.05, 4.69) is 15.4 Å². The first-order valence-electron chi connectivity index (χ1n) is 11.7. The lowest BCUT2D eigenvalue weighted by Crippen LogP contribution is -2.51. The number of rotatable bonds is 8. The molecule has 1 aliphatic carbocycles. The SMILES string of the molecule is CCOc1cc(/C=C/C(=O)NC2CCN(C(=O)NC3CCCCC3)CC2)ccc1OC(F)F. The quantitative estimate of drug-likeness (QED) is 0.561. The molecule has 0 unspecified atom stereocenters. The van der Waals surface area contributed by atoms with E-state index in [0.29, 0.717) is 38.1 Å². The Hall–Kier alpha value is -2.84. The number of piperidine rings is 1. The molecular formula is C24H33F2N3O4. The summed E-state index contributed by atoms with van der Waals surface area (Å²) in [6.07, 6.45) is 10.1. The van der Waals surface area contributed by atoms with Crippen molar-refractivity contribution in [2.24, 2.45) is 0 Å². The summed E-state index contributed by atoms with van der Waals surface area (Å²) in [7, 11) is 0. The van der Waals surface area contributed by atoms with Crippen LogP contribution >= 0.6 is 0 Å². The molecule has 0 atom stereocenters. The van der Waals surface area contributed by atoms with E-state index >= 15 is 0 Å². The van der Waals surface area contributed by atoms with E-state index in [-0.39, 0.29) is 35.5 Å². The molecular weight excluding hydrogens is 432 g/mol.